The number of rotatable bonds is 2. The fourth-order valence-corrected chi connectivity index (χ4v) is 2.17. The summed E-state index contributed by atoms with van der Waals surface area (Å²) in [6.45, 7) is 1.93. The topological polar surface area (TPSA) is 67.6 Å². The Morgan fingerprint density at radius 1 is 1.53 bits per heavy atom. The largest absolute Gasteiger partial charge is 0.324 e. The second kappa shape index (κ2) is 4.70. The first-order chi connectivity index (χ1) is 8.13. The average molecular weight is 291 g/mol. The van der Waals surface area contributed by atoms with Crippen LogP contribution in [-0.4, -0.2) is 9.55 Å². The van der Waals surface area contributed by atoms with Gasteiger partial charge in [-0.25, -0.2) is 4.98 Å². The molecule has 0 aliphatic heterocycles. The van der Waals surface area contributed by atoms with Crippen molar-refractivity contribution in [2.45, 2.75) is 13.0 Å². The summed E-state index contributed by atoms with van der Waals surface area (Å²) in [4.78, 5) is 3.97. The monoisotopic (exact) mass is 290 g/mol. The highest BCUT2D eigenvalue weighted by Crippen LogP contribution is 2.25. The van der Waals surface area contributed by atoms with Crippen LogP contribution >= 0.6 is 15.9 Å². The van der Waals surface area contributed by atoms with Gasteiger partial charge in [0.15, 0.2) is 0 Å². The third-order valence-corrected chi connectivity index (χ3v) is 3.13. The van der Waals surface area contributed by atoms with Gasteiger partial charge in [-0.2, -0.15) is 5.26 Å². The van der Waals surface area contributed by atoms with Crippen LogP contribution in [0.4, 0.5) is 0 Å². The summed E-state index contributed by atoms with van der Waals surface area (Å²) >= 11 is 3.49. The molecule has 2 N–H and O–H groups in total. The van der Waals surface area contributed by atoms with Crippen LogP contribution in [0.1, 0.15) is 24.4 Å². The first kappa shape index (κ1) is 11.8. The standard InChI is InChI=1S/C12H11BrN4/c1-8(15)9-2-3-11(10(13)6-9)17-5-4-16-12(17)7-14/h2-6,8H,15H2,1H3. The maximum atomic E-state index is 8.93. The zero-order valence-electron chi connectivity index (χ0n) is 9.26. The minimum absolute atomic E-state index is 0.0152. The van der Waals surface area contributed by atoms with Crippen LogP contribution in [0.2, 0.25) is 0 Å². The summed E-state index contributed by atoms with van der Waals surface area (Å²) < 4.78 is 2.62. The van der Waals surface area contributed by atoms with E-state index in [4.69, 9.17) is 11.0 Å². The van der Waals surface area contributed by atoms with E-state index in [0.29, 0.717) is 5.82 Å². The number of nitrogens with two attached hydrogens (primary N) is 1. The van der Waals surface area contributed by atoms with Gasteiger partial charge in [0.1, 0.15) is 6.07 Å². The van der Waals surface area contributed by atoms with Gasteiger partial charge in [-0.05, 0) is 40.5 Å². The Bertz CT molecular complexity index is 580. The predicted molar refractivity (Wildman–Crippen MR) is 68.6 cm³/mol. The number of halogens is 1. The van der Waals surface area contributed by atoms with Crippen LogP contribution in [-0.2, 0) is 0 Å². The number of hydrogen-bond donors (Lipinski definition) is 1. The maximum absolute atomic E-state index is 8.93. The van der Waals surface area contributed by atoms with Crippen molar-refractivity contribution in [3.8, 4) is 11.8 Å². The lowest BCUT2D eigenvalue weighted by Gasteiger charge is -2.10. The Morgan fingerprint density at radius 2 is 2.29 bits per heavy atom. The molecule has 0 saturated heterocycles. The quantitative estimate of drug-likeness (QED) is 0.924. The summed E-state index contributed by atoms with van der Waals surface area (Å²) in [7, 11) is 0. The van der Waals surface area contributed by atoms with Gasteiger partial charge in [0, 0.05) is 22.9 Å². The molecule has 4 nitrogen and oxygen atoms in total. The van der Waals surface area contributed by atoms with Gasteiger partial charge in [-0.1, -0.05) is 6.07 Å². The van der Waals surface area contributed by atoms with Gasteiger partial charge < -0.3 is 5.73 Å². The highest BCUT2D eigenvalue weighted by atomic mass is 79.9. The molecule has 1 unspecified atom stereocenters. The van der Waals surface area contributed by atoms with E-state index < -0.39 is 0 Å². The van der Waals surface area contributed by atoms with Gasteiger partial charge in [0.05, 0.1) is 5.69 Å². The number of benzene rings is 1. The molecule has 1 atom stereocenters. The first-order valence-corrected chi connectivity index (χ1v) is 5.91. The van der Waals surface area contributed by atoms with Gasteiger partial charge in [-0.3, -0.25) is 4.57 Å². The molecule has 0 aliphatic carbocycles. The molecule has 17 heavy (non-hydrogen) atoms. The van der Waals surface area contributed by atoms with Crippen molar-refractivity contribution in [2.24, 2.45) is 5.73 Å². The van der Waals surface area contributed by atoms with E-state index in [2.05, 4.69) is 20.9 Å². The molecule has 1 aromatic carbocycles. The van der Waals surface area contributed by atoms with Crippen LogP contribution in [0.3, 0.4) is 0 Å². The minimum atomic E-state index is -0.0152. The molecule has 0 bridgehead atoms. The smallest absolute Gasteiger partial charge is 0.217 e. The van der Waals surface area contributed by atoms with Crippen molar-refractivity contribution >= 4 is 15.9 Å². The van der Waals surface area contributed by atoms with Crippen LogP contribution < -0.4 is 5.73 Å². The Hall–Kier alpha value is -1.64. The normalized spacial score (nSPS) is 12.1. The van der Waals surface area contributed by atoms with E-state index in [1.54, 1.807) is 17.0 Å². The molecular formula is C12H11BrN4. The molecule has 86 valence electrons. The van der Waals surface area contributed by atoms with E-state index in [1.807, 2.05) is 31.2 Å². The lowest BCUT2D eigenvalue weighted by Crippen LogP contribution is -2.06. The van der Waals surface area contributed by atoms with E-state index >= 15 is 0 Å². The lowest BCUT2D eigenvalue weighted by molar-refractivity contribution is 0.816. The zero-order chi connectivity index (χ0) is 12.4. The summed E-state index contributed by atoms with van der Waals surface area (Å²) in [5, 5.41) is 8.93. The van der Waals surface area contributed by atoms with Gasteiger partial charge in [0.25, 0.3) is 0 Å². The molecule has 1 heterocycles. The molecule has 5 heteroatoms. The highest BCUT2D eigenvalue weighted by molar-refractivity contribution is 9.10. The SMILES string of the molecule is CC(N)c1ccc(-n2ccnc2C#N)c(Br)c1. The molecule has 1 aromatic heterocycles. The Labute approximate surface area is 108 Å². The molecule has 0 amide bonds. The molecular weight excluding hydrogens is 280 g/mol. The third kappa shape index (κ3) is 2.23. The summed E-state index contributed by atoms with van der Waals surface area (Å²) in [6.07, 6.45) is 3.36. The van der Waals surface area contributed by atoms with Crippen LogP contribution in [0, 0.1) is 11.3 Å². The Balaban J connectivity index is 2.51. The fraction of sp³-hybridized carbons (Fsp3) is 0.167. The van der Waals surface area contributed by atoms with Crippen molar-refractivity contribution in [3.05, 3.63) is 46.5 Å². The second-order valence-electron chi connectivity index (χ2n) is 3.73. The number of nitriles is 1. The molecule has 0 fully saturated rings. The number of imidazole rings is 1. The van der Waals surface area contributed by atoms with Crippen molar-refractivity contribution in [3.63, 3.8) is 0 Å². The third-order valence-electron chi connectivity index (χ3n) is 2.50. The average Bonchev–Trinajstić information content (AvgIpc) is 2.76. The van der Waals surface area contributed by atoms with E-state index in [1.165, 1.54) is 0 Å². The molecule has 0 aliphatic rings. The van der Waals surface area contributed by atoms with Crippen LogP contribution in [0.15, 0.2) is 35.1 Å². The number of hydrogen-bond acceptors (Lipinski definition) is 3. The lowest BCUT2D eigenvalue weighted by atomic mass is 10.1. The molecule has 0 spiro atoms. The van der Waals surface area contributed by atoms with Crippen LogP contribution in [0.5, 0.6) is 0 Å². The van der Waals surface area contributed by atoms with Crippen molar-refractivity contribution in [1.82, 2.24) is 9.55 Å². The van der Waals surface area contributed by atoms with Crippen molar-refractivity contribution in [1.29, 1.82) is 5.26 Å². The van der Waals surface area contributed by atoms with Crippen molar-refractivity contribution < 1.29 is 0 Å². The predicted octanol–water partition coefficient (Wildman–Crippen LogP) is 2.53. The van der Waals surface area contributed by atoms with Gasteiger partial charge >= 0.3 is 0 Å². The zero-order valence-corrected chi connectivity index (χ0v) is 10.8. The molecule has 2 aromatic rings. The summed E-state index contributed by atoms with van der Waals surface area (Å²) in [5.41, 5.74) is 7.73. The highest BCUT2D eigenvalue weighted by Gasteiger charge is 2.09. The Morgan fingerprint density at radius 3 is 2.88 bits per heavy atom. The first-order valence-electron chi connectivity index (χ1n) is 5.12. The Kier molecular flexibility index (Phi) is 3.27. The van der Waals surface area contributed by atoms with Gasteiger partial charge in [-0.15, -0.1) is 0 Å². The summed E-state index contributed by atoms with van der Waals surface area (Å²) in [6, 6.07) is 7.86. The molecule has 2 rings (SSSR count). The van der Waals surface area contributed by atoms with E-state index in [-0.39, 0.29) is 6.04 Å². The van der Waals surface area contributed by atoms with Gasteiger partial charge in [0.2, 0.25) is 5.82 Å². The maximum Gasteiger partial charge on any atom is 0.217 e. The second-order valence-corrected chi connectivity index (χ2v) is 4.59. The van der Waals surface area contributed by atoms with E-state index in [0.717, 1.165) is 15.7 Å². The molecule has 0 saturated carbocycles. The number of aromatic nitrogens is 2. The van der Waals surface area contributed by atoms with Crippen LogP contribution in [0.25, 0.3) is 5.69 Å². The van der Waals surface area contributed by atoms with Crippen molar-refractivity contribution in [2.75, 3.05) is 0 Å². The fourth-order valence-electron chi connectivity index (χ4n) is 1.58. The number of nitrogens with zero attached hydrogens (tertiary/aromatic N) is 3. The minimum Gasteiger partial charge on any atom is -0.324 e. The molecule has 0 radical (unpaired) electrons. The summed E-state index contributed by atoms with van der Waals surface area (Å²) in [5.74, 6) is 0.360. The van der Waals surface area contributed by atoms with E-state index in [9.17, 15) is 0 Å².